The second-order valence-electron chi connectivity index (χ2n) is 7.61. The first-order valence-corrected chi connectivity index (χ1v) is 10.6. The Hall–Kier alpha value is -4.00. The van der Waals surface area contributed by atoms with Crippen molar-refractivity contribution in [3.05, 3.63) is 82.9 Å². The Morgan fingerprint density at radius 1 is 1.03 bits per heavy atom. The third kappa shape index (κ3) is 4.22. The number of methoxy groups -OCH3 is 2. The smallest absolute Gasteiger partial charge is 0.335 e. The Kier molecular flexibility index (Phi) is 6.22. The molecule has 0 fully saturated rings. The van der Waals surface area contributed by atoms with Crippen molar-refractivity contribution in [3.63, 3.8) is 0 Å². The van der Waals surface area contributed by atoms with Crippen LogP contribution < -0.4 is 19.1 Å². The van der Waals surface area contributed by atoms with E-state index in [1.807, 2.05) is 43.3 Å². The number of carboxylic acids is 1. The van der Waals surface area contributed by atoms with Gasteiger partial charge < -0.3 is 24.2 Å². The number of carbonyl (C=O) groups is 2. The van der Waals surface area contributed by atoms with Gasteiger partial charge in [-0.1, -0.05) is 18.2 Å². The Labute approximate surface area is 192 Å². The number of rotatable bonds is 7. The molecule has 3 aromatic rings. The molecule has 1 N–H and O–H groups in total. The van der Waals surface area contributed by atoms with E-state index in [1.165, 1.54) is 12.1 Å². The molecule has 4 rings (SSSR count). The summed E-state index contributed by atoms with van der Waals surface area (Å²) in [7, 11) is 3.13. The number of anilines is 1. The Balaban J connectivity index is 1.91. The number of hydrogen-bond acceptors (Lipinski definition) is 5. The highest BCUT2D eigenvalue weighted by atomic mass is 16.5. The molecule has 7 heteroatoms. The quantitative estimate of drug-likeness (QED) is 0.575. The molecule has 170 valence electrons. The van der Waals surface area contributed by atoms with Crippen molar-refractivity contribution in [1.82, 2.24) is 0 Å². The highest BCUT2D eigenvalue weighted by Gasteiger charge is 2.36. The summed E-state index contributed by atoms with van der Waals surface area (Å²) in [5.74, 6) is 0.647. The number of benzene rings is 3. The van der Waals surface area contributed by atoms with Crippen LogP contribution in [-0.2, 0) is 11.2 Å². The first-order chi connectivity index (χ1) is 16.0. The van der Waals surface area contributed by atoms with Crippen molar-refractivity contribution in [3.8, 4) is 17.2 Å². The Bertz CT molecular complexity index is 1190. The van der Waals surface area contributed by atoms with Gasteiger partial charge >= 0.3 is 5.97 Å². The molecular weight excluding hydrogens is 422 g/mol. The molecule has 0 bridgehead atoms. The topological polar surface area (TPSA) is 85.3 Å². The average molecular weight is 447 g/mol. The van der Waals surface area contributed by atoms with Gasteiger partial charge in [-0.25, -0.2) is 4.79 Å². The lowest BCUT2D eigenvalue weighted by atomic mass is 9.86. The summed E-state index contributed by atoms with van der Waals surface area (Å²) in [6.07, 6.45) is 0.153. The van der Waals surface area contributed by atoms with Crippen molar-refractivity contribution in [2.45, 2.75) is 19.4 Å². The molecule has 1 atom stereocenters. The number of carboxylic acid groups (broad SMARTS) is 1. The van der Waals surface area contributed by atoms with Crippen LogP contribution >= 0.6 is 0 Å². The second kappa shape index (κ2) is 9.24. The molecule has 1 aliphatic rings. The highest BCUT2D eigenvalue weighted by Crippen LogP contribution is 2.43. The van der Waals surface area contributed by atoms with Gasteiger partial charge in [0.15, 0.2) is 11.5 Å². The third-order valence-electron chi connectivity index (χ3n) is 5.69. The fourth-order valence-electron chi connectivity index (χ4n) is 4.20. The molecule has 0 unspecified atom stereocenters. The zero-order chi connectivity index (χ0) is 23.5. The molecule has 7 nitrogen and oxygen atoms in total. The summed E-state index contributed by atoms with van der Waals surface area (Å²) < 4.78 is 16.5. The van der Waals surface area contributed by atoms with Crippen LogP contribution in [0, 0.1) is 0 Å². The van der Waals surface area contributed by atoms with Gasteiger partial charge in [-0.05, 0) is 66.1 Å². The van der Waals surface area contributed by atoms with E-state index in [4.69, 9.17) is 14.2 Å². The largest absolute Gasteiger partial charge is 0.494 e. The SMILES string of the molecule is CCOc1ccc([C@@H]2c3cc(OC)c(OC)cc3CC(=O)N2c2cccc(C(=O)O)c2)cc1. The lowest BCUT2D eigenvalue weighted by Gasteiger charge is -2.38. The van der Waals surface area contributed by atoms with E-state index < -0.39 is 12.0 Å². The first-order valence-electron chi connectivity index (χ1n) is 10.6. The molecule has 1 amide bonds. The average Bonchev–Trinajstić information content (AvgIpc) is 2.83. The minimum atomic E-state index is -1.05. The molecule has 1 aliphatic heterocycles. The first kappa shape index (κ1) is 22.2. The molecule has 0 spiro atoms. The van der Waals surface area contributed by atoms with Crippen LogP contribution in [0.1, 0.15) is 40.0 Å². The molecule has 0 saturated carbocycles. The summed E-state index contributed by atoms with van der Waals surface area (Å²) in [6, 6.07) is 17.2. The van der Waals surface area contributed by atoms with Crippen LogP contribution in [0.5, 0.6) is 17.2 Å². The van der Waals surface area contributed by atoms with E-state index in [-0.39, 0.29) is 17.9 Å². The van der Waals surface area contributed by atoms with Gasteiger partial charge in [0, 0.05) is 5.69 Å². The van der Waals surface area contributed by atoms with E-state index in [1.54, 1.807) is 31.3 Å². The van der Waals surface area contributed by atoms with E-state index in [0.717, 1.165) is 22.4 Å². The zero-order valence-corrected chi connectivity index (χ0v) is 18.7. The molecule has 1 heterocycles. The van der Waals surface area contributed by atoms with Gasteiger partial charge in [0.05, 0.1) is 38.9 Å². The van der Waals surface area contributed by atoms with Crippen molar-refractivity contribution in [1.29, 1.82) is 0 Å². The number of amides is 1. The van der Waals surface area contributed by atoms with Crippen molar-refractivity contribution < 1.29 is 28.9 Å². The fourth-order valence-corrected chi connectivity index (χ4v) is 4.20. The van der Waals surface area contributed by atoms with Gasteiger partial charge in [-0.3, -0.25) is 4.79 Å². The number of ether oxygens (including phenoxy) is 3. The van der Waals surface area contributed by atoms with Crippen LogP contribution in [0.4, 0.5) is 5.69 Å². The zero-order valence-electron chi connectivity index (χ0n) is 18.7. The van der Waals surface area contributed by atoms with E-state index in [9.17, 15) is 14.7 Å². The van der Waals surface area contributed by atoms with Crippen LogP contribution in [-0.4, -0.2) is 37.8 Å². The summed E-state index contributed by atoms with van der Waals surface area (Å²) >= 11 is 0. The molecule has 0 aliphatic carbocycles. The van der Waals surface area contributed by atoms with Gasteiger partial charge in [-0.15, -0.1) is 0 Å². The minimum absolute atomic E-state index is 0.115. The molecule has 3 aromatic carbocycles. The number of carbonyl (C=O) groups excluding carboxylic acids is 1. The molecule has 0 aromatic heterocycles. The summed E-state index contributed by atoms with van der Waals surface area (Å²) in [5.41, 5.74) is 3.21. The van der Waals surface area contributed by atoms with Gasteiger partial charge in [0.2, 0.25) is 5.91 Å². The molecule has 33 heavy (non-hydrogen) atoms. The Morgan fingerprint density at radius 2 is 1.73 bits per heavy atom. The van der Waals surface area contributed by atoms with Gasteiger partial charge in [-0.2, -0.15) is 0 Å². The lowest BCUT2D eigenvalue weighted by Crippen LogP contribution is -2.41. The normalized spacial score (nSPS) is 15.1. The number of aromatic carboxylic acids is 1. The van der Waals surface area contributed by atoms with Gasteiger partial charge in [0.25, 0.3) is 0 Å². The standard InChI is InChI=1S/C26H25NO6/c1-4-33-20-10-8-16(9-11-20)25-21-15-23(32-3)22(31-2)13-18(21)14-24(28)27(25)19-7-5-6-17(12-19)26(29)30/h5-13,15,25H,4,14H2,1-3H3,(H,29,30)/t25-/m1/s1. The lowest BCUT2D eigenvalue weighted by molar-refractivity contribution is -0.118. The van der Waals surface area contributed by atoms with Crippen LogP contribution in [0.3, 0.4) is 0 Å². The van der Waals surface area contributed by atoms with Crippen LogP contribution in [0.2, 0.25) is 0 Å². The monoisotopic (exact) mass is 447 g/mol. The minimum Gasteiger partial charge on any atom is -0.494 e. The van der Waals surface area contributed by atoms with Crippen LogP contribution in [0.15, 0.2) is 60.7 Å². The molecule has 0 saturated heterocycles. The fraction of sp³-hybridized carbons (Fsp3) is 0.231. The number of fused-ring (bicyclic) bond motifs is 1. The van der Waals surface area contributed by atoms with Crippen molar-refractivity contribution in [2.75, 3.05) is 25.7 Å². The van der Waals surface area contributed by atoms with E-state index >= 15 is 0 Å². The van der Waals surface area contributed by atoms with Crippen molar-refractivity contribution in [2.24, 2.45) is 0 Å². The number of nitrogens with zero attached hydrogens (tertiary/aromatic N) is 1. The summed E-state index contributed by atoms with van der Waals surface area (Å²) in [5, 5.41) is 9.47. The maximum atomic E-state index is 13.4. The predicted molar refractivity (Wildman–Crippen MR) is 124 cm³/mol. The highest BCUT2D eigenvalue weighted by molar-refractivity contribution is 5.99. The maximum Gasteiger partial charge on any atom is 0.335 e. The number of hydrogen-bond donors (Lipinski definition) is 1. The van der Waals surface area contributed by atoms with Crippen LogP contribution in [0.25, 0.3) is 0 Å². The van der Waals surface area contributed by atoms with Gasteiger partial charge in [0.1, 0.15) is 5.75 Å². The predicted octanol–water partition coefficient (Wildman–Crippen LogP) is 4.48. The van der Waals surface area contributed by atoms with E-state index in [0.29, 0.717) is 23.8 Å². The second-order valence-corrected chi connectivity index (χ2v) is 7.61. The maximum absolute atomic E-state index is 13.4. The third-order valence-corrected chi connectivity index (χ3v) is 5.69. The summed E-state index contributed by atoms with van der Waals surface area (Å²) in [4.78, 5) is 26.6. The Morgan fingerprint density at radius 3 is 2.36 bits per heavy atom. The molecule has 0 radical (unpaired) electrons. The van der Waals surface area contributed by atoms with E-state index in [2.05, 4.69) is 0 Å². The summed E-state index contributed by atoms with van der Waals surface area (Å²) in [6.45, 7) is 2.47. The van der Waals surface area contributed by atoms with Crippen molar-refractivity contribution >= 4 is 17.6 Å². The molecular formula is C26H25NO6.